The smallest absolute Gasteiger partial charge is 0.246 e. The molecule has 2 heterocycles. The van der Waals surface area contributed by atoms with Crippen LogP contribution in [0.5, 0.6) is 5.75 Å². The zero-order valence-electron chi connectivity index (χ0n) is 23.1. The van der Waals surface area contributed by atoms with E-state index in [9.17, 15) is 19.5 Å². The van der Waals surface area contributed by atoms with Gasteiger partial charge in [-0.1, -0.05) is 37.5 Å². The molecule has 0 bridgehead atoms. The maximum Gasteiger partial charge on any atom is 0.246 e. The molecule has 1 aromatic rings. The van der Waals surface area contributed by atoms with Gasteiger partial charge in [-0.3, -0.25) is 14.4 Å². The maximum absolute atomic E-state index is 14.2. The SMILES string of the molecule is CCN(C(=O)[C@@H](NC(=O)C(N)CO)C1CCCCC1)[C@@H](CN1CCCC1)C(=O)N[C@@H]1CCOc2ccccc21. The van der Waals surface area contributed by atoms with Crippen LogP contribution in [-0.4, -0.2) is 90.1 Å². The van der Waals surface area contributed by atoms with E-state index in [2.05, 4.69) is 15.5 Å². The second kappa shape index (κ2) is 14.1. The van der Waals surface area contributed by atoms with Crippen LogP contribution in [-0.2, 0) is 14.4 Å². The van der Waals surface area contributed by atoms with Crippen LogP contribution in [0.25, 0.3) is 0 Å². The average Bonchev–Trinajstić information content (AvgIpc) is 3.49. The van der Waals surface area contributed by atoms with Crippen molar-refractivity contribution in [2.24, 2.45) is 11.7 Å². The van der Waals surface area contributed by atoms with E-state index < -0.39 is 30.6 Å². The summed E-state index contributed by atoms with van der Waals surface area (Å²) in [5.74, 6) is -0.257. The highest BCUT2D eigenvalue weighted by molar-refractivity contribution is 5.93. The number of carbonyl (C=O) groups is 3. The van der Waals surface area contributed by atoms with Gasteiger partial charge in [-0.05, 0) is 57.7 Å². The van der Waals surface area contributed by atoms with E-state index >= 15 is 0 Å². The van der Waals surface area contributed by atoms with Gasteiger partial charge in [-0.15, -0.1) is 0 Å². The molecule has 3 aliphatic rings. The summed E-state index contributed by atoms with van der Waals surface area (Å²) < 4.78 is 5.78. The number of aliphatic hydroxyl groups is 1. The van der Waals surface area contributed by atoms with Crippen molar-refractivity contribution in [2.45, 2.75) is 82.5 Å². The zero-order chi connectivity index (χ0) is 27.8. The van der Waals surface area contributed by atoms with Crippen molar-refractivity contribution in [3.8, 4) is 5.75 Å². The van der Waals surface area contributed by atoms with Crippen LogP contribution in [0, 0.1) is 5.92 Å². The number of nitrogens with one attached hydrogen (secondary N) is 2. The van der Waals surface area contributed by atoms with Crippen molar-refractivity contribution < 1.29 is 24.2 Å². The number of carbonyl (C=O) groups excluding carboxylic acids is 3. The van der Waals surface area contributed by atoms with E-state index in [0.717, 1.165) is 69.3 Å². The zero-order valence-corrected chi connectivity index (χ0v) is 23.1. The predicted molar refractivity (Wildman–Crippen MR) is 148 cm³/mol. The summed E-state index contributed by atoms with van der Waals surface area (Å²) in [6, 6.07) is 4.94. The summed E-state index contributed by atoms with van der Waals surface area (Å²) in [6.45, 7) is 4.45. The molecule has 216 valence electrons. The van der Waals surface area contributed by atoms with Crippen molar-refractivity contribution >= 4 is 17.7 Å². The van der Waals surface area contributed by atoms with Gasteiger partial charge in [0.2, 0.25) is 17.7 Å². The molecule has 1 saturated heterocycles. The second-order valence-corrected chi connectivity index (χ2v) is 11.1. The molecular weight excluding hydrogens is 498 g/mol. The molecule has 4 atom stereocenters. The van der Waals surface area contributed by atoms with Crippen LogP contribution in [0.1, 0.15) is 69.9 Å². The Labute approximate surface area is 231 Å². The molecule has 4 rings (SSSR count). The summed E-state index contributed by atoms with van der Waals surface area (Å²) in [6.07, 6.45) is 7.52. The highest BCUT2D eigenvalue weighted by Crippen LogP contribution is 2.32. The van der Waals surface area contributed by atoms with Gasteiger partial charge in [0.1, 0.15) is 23.9 Å². The molecule has 0 radical (unpaired) electrons. The number of likely N-dealkylation sites (N-methyl/N-ethyl adjacent to an activating group) is 1. The molecular formula is C29H45N5O5. The Hall–Kier alpha value is -2.69. The van der Waals surface area contributed by atoms with Crippen molar-refractivity contribution in [1.82, 2.24) is 20.4 Å². The highest BCUT2D eigenvalue weighted by Gasteiger charge is 2.40. The molecule has 39 heavy (non-hydrogen) atoms. The van der Waals surface area contributed by atoms with Gasteiger partial charge in [-0.25, -0.2) is 0 Å². The third-order valence-electron chi connectivity index (χ3n) is 8.43. The lowest BCUT2D eigenvalue weighted by molar-refractivity contribution is -0.145. The molecule has 0 spiro atoms. The van der Waals surface area contributed by atoms with Gasteiger partial charge in [0.15, 0.2) is 0 Å². The summed E-state index contributed by atoms with van der Waals surface area (Å²) >= 11 is 0. The number of ether oxygens (including phenoxy) is 1. The van der Waals surface area contributed by atoms with Crippen molar-refractivity contribution in [3.05, 3.63) is 29.8 Å². The number of nitrogens with zero attached hydrogens (tertiary/aromatic N) is 2. The summed E-state index contributed by atoms with van der Waals surface area (Å²) in [7, 11) is 0. The van der Waals surface area contributed by atoms with E-state index in [1.807, 2.05) is 31.2 Å². The van der Waals surface area contributed by atoms with E-state index in [0.29, 0.717) is 26.1 Å². The molecule has 0 aromatic heterocycles. The first kappa shape index (κ1) is 29.3. The molecule has 1 aromatic carbocycles. The van der Waals surface area contributed by atoms with Crippen molar-refractivity contribution in [1.29, 1.82) is 0 Å². The largest absolute Gasteiger partial charge is 0.493 e. The average molecular weight is 544 g/mol. The van der Waals surface area contributed by atoms with Gasteiger partial charge >= 0.3 is 0 Å². The van der Waals surface area contributed by atoms with Crippen LogP contribution < -0.4 is 21.1 Å². The summed E-state index contributed by atoms with van der Waals surface area (Å²) in [4.78, 5) is 44.8. The molecule has 1 aliphatic carbocycles. The van der Waals surface area contributed by atoms with Crippen LogP contribution in [0.3, 0.4) is 0 Å². The molecule has 1 unspecified atom stereocenters. The third kappa shape index (κ3) is 7.29. The van der Waals surface area contributed by atoms with Crippen molar-refractivity contribution in [3.63, 3.8) is 0 Å². The minimum Gasteiger partial charge on any atom is -0.493 e. The number of hydrogen-bond donors (Lipinski definition) is 4. The minimum absolute atomic E-state index is 0.0342. The maximum atomic E-state index is 14.2. The Balaban J connectivity index is 1.58. The molecule has 2 aliphatic heterocycles. The van der Waals surface area contributed by atoms with Gasteiger partial charge in [0.05, 0.1) is 19.3 Å². The predicted octanol–water partition coefficient (Wildman–Crippen LogP) is 1.32. The standard InChI is InChI=1S/C29H45N5O5/c1-2-34(29(38)26(20-10-4-3-5-11-20)32-27(36)22(30)19-35)24(18-33-15-8-9-16-33)28(37)31-23-14-17-39-25-13-7-6-12-21(23)25/h6-7,12-13,20,22-24,26,35H,2-5,8-11,14-19,30H2,1H3,(H,31,37)(H,32,36)/t22?,23-,24+,26+/m1/s1. The number of fused-ring (bicyclic) bond motifs is 1. The molecule has 10 nitrogen and oxygen atoms in total. The third-order valence-corrected chi connectivity index (χ3v) is 8.43. The topological polar surface area (TPSA) is 137 Å². The van der Waals surface area contributed by atoms with E-state index in [1.165, 1.54) is 0 Å². The van der Waals surface area contributed by atoms with Gasteiger partial charge < -0.3 is 36.0 Å². The number of likely N-dealkylation sites (tertiary alicyclic amines) is 1. The number of aliphatic hydroxyl groups excluding tert-OH is 1. The highest BCUT2D eigenvalue weighted by atomic mass is 16.5. The number of para-hydroxylation sites is 1. The van der Waals surface area contributed by atoms with E-state index in [1.54, 1.807) is 4.90 Å². The Bertz CT molecular complexity index is 979. The fourth-order valence-corrected chi connectivity index (χ4v) is 6.19. The first-order chi connectivity index (χ1) is 18.9. The minimum atomic E-state index is -1.10. The van der Waals surface area contributed by atoms with Crippen LogP contribution in [0.15, 0.2) is 24.3 Å². The van der Waals surface area contributed by atoms with Gasteiger partial charge in [0, 0.05) is 25.1 Å². The molecule has 2 fully saturated rings. The molecule has 1 saturated carbocycles. The Kier molecular flexibility index (Phi) is 10.6. The Morgan fingerprint density at radius 3 is 2.49 bits per heavy atom. The molecule has 10 heteroatoms. The van der Waals surface area contributed by atoms with Crippen molar-refractivity contribution in [2.75, 3.05) is 39.4 Å². The molecule has 5 N–H and O–H groups in total. The lowest BCUT2D eigenvalue weighted by Crippen LogP contribution is -2.61. The molecule has 3 amide bonds. The lowest BCUT2D eigenvalue weighted by Gasteiger charge is -2.39. The number of nitrogens with two attached hydrogens (primary N) is 1. The lowest BCUT2D eigenvalue weighted by atomic mass is 9.83. The number of hydrogen-bond acceptors (Lipinski definition) is 7. The number of benzene rings is 1. The van der Waals surface area contributed by atoms with Gasteiger partial charge in [0.25, 0.3) is 0 Å². The summed E-state index contributed by atoms with van der Waals surface area (Å²) in [5.41, 5.74) is 6.74. The van der Waals surface area contributed by atoms with Crippen LogP contribution >= 0.6 is 0 Å². The summed E-state index contributed by atoms with van der Waals surface area (Å²) in [5, 5.41) is 15.5. The van der Waals surface area contributed by atoms with Gasteiger partial charge in [-0.2, -0.15) is 0 Å². The number of rotatable bonds is 11. The fraction of sp³-hybridized carbons (Fsp3) is 0.690. The Morgan fingerprint density at radius 1 is 1.08 bits per heavy atom. The monoisotopic (exact) mass is 543 g/mol. The van der Waals surface area contributed by atoms with Crippen LogP contribution in [0.4, 0.5) is 0 Å². The first-order valence-corrected chi connectivity index (χ1v) is 14.6. The van der Waals surface area contributed by atoms with E-state index in [-0.39, 0.29) is 23.8 Å². The van der Waals surface area contributed by atoms with Crippen LogP contribution in [0.2, 0.25) is 0 Å². The quantitative estimate of drug-likeness (QED) is 0.330. The number of amides is 3. The normalized spacial score (nSPS) is 22.2. The Morgan fingerprint density at radius 2 is 1.79 bits per heavy atom. The second-order valence-electron chi connectivity index (χ2n) is 11.1. The fourth-order valence-electron chi connectivity index (χ4n) is 6.19. The van der Waals surface area contributed by atoms with E-state index in [4.69, 9.17) is 10.5 Å². The first-order valence-electron chi connectivity index (χ1n) is 14.6.